The van der Waals surface area contributed by atoms with Gasteiger partial charge in [-0.05, 0) is 97.2 Å². The lowest BCUT2D eigenvalue weighted by Gasteiger charge is -2.31. The standard InChI is InChI=1S/C29H37F3N2O/c1-4-23-17-25(11-12-26(23)18-34-14-5-15-34)21(3)33-35-19-22-8-13-27(28(16-22)29(30,31)32)24-9-6-20(2)7-10-24/h8,11-13,16-17,20,24H,4-7,9-10,14-15,18-19H2,1-3H3/b33-21+/i3D3,5D,6D2,7D2,9D2,10D2,14D2,15D2,18D2,19D2,20D. The van der Waals surface area contributed by atoms with Crippen LogP contribution in [0.15, 0.2) is 41.6 Å². The highest BCUT2D eigenvalue weighted by atomic mass is 19.4. The molecule has 190 valence electrons. The highest BCUT2D eigenvalue weighted by Gasteiger charge is 2.36. The van der Waals surface area contributed by atoms with Gasteiger partial charge in [-0.2, -0.15) is 13.2 Å². The van der Waals surface area contributed by atoms with Crippen LogP contribution in [0, 0.1) is 5.89 Å². The molecule has 2 fully saturated rings. The maximum absolute atomic E-state index is 14.7. The number of likely N-dealkylation sites (tertiary alicyclic amines) is 1. The molecule has 0 atom stereocenters. The Morgan fingerprint density at radius 1 is 1.17 bits per heavy atom. The molecule has 0 unspecified atom stereocenters. The quantitative estimate of drug-likeness (QED) is 0.270. The molecule has 1 heterocycles. The number of hydrogen-bond acceptors (Lipinski definition) is 3. The molecule has 2 aromatic carbocycles. The lowest BCUT2D eigenvalue weighted by molar-refractivity contribution is -0.138. The fraction of sp³-hybridized carbons (Fsp3) is 0.552. The fourth-order valence-electron chi connectivity index (χ4n) is 3.33. The van der Waals surface area contributed by atoms with Gasteiger partial charge in [0.1, 0.15) is 6.56 Å². The zero-order valence-electron chi connectivity index (χ0n) is 39.8. The van der Waals surface area contributed by atoms with Gasteiger partial charge in [0, 0.05) is 32.5 Å². The molecule has 1 saturated heterocycles. The first-order chi connectivity index (χ1) is 24.7. The Labute approximate surface area is 236 Å². The van der Waals surface area contributed by atoms with E-state index in [-0.39, 0.29) is 34.1 Å². The molecule has 1 saturated carbocycles. The van der Waals surface area contributed by atoms with Crippen LogP contribution in [-0.4, -0.2) is 23.6 Å². The average molecular weight is 508 g/mol. The summed E-state index contributed by atoms with van der Waals surface area (Å²) in [6.07, 6.45) is -22.0. The van der Waals surface area contributed by atoms with Gasteiger partial charge in [-0.15, -0.1) is 0 Å². The molecule has 1 aliphatic heterocycles. The smallest absolute Gasteiger partial charge is 0.391 e. The number of aryl methyl sites for hydroxylation is 1. The normalized spacial score (nSPS) is 42.9. The number of rotatable bonds is 8. The van der Waals surface area contributed by atoms with E-state index in [1.807, 2.05) is 0 Å². The predicted octanol–water partition coefficient (Wildman–Crippen LogP) is 7.71. The van der Waals surface area contributed by atoms with Gasteiger partial charge in [-0.25, -0.2) is 0 Å². The minimum Gasteiger partial charge on any atom is -0.391 e. The first kappa shape index (κ1) is 10.2. The largest absolute Gasteiger partial charge is 0.416 e. The number of oxime groups is 1. The third kappa shape index (κ3) is 6.46. The van der Waals surface area contributed by atoms with Gasteiger partial charge in [0.15, 0.2) is 0 Å². The summed E-state index contributed by atoms with van der Waals surface area (Å²) >= 11 is 0. The molecule has 0 radical (unpaired) electrons. The van der Waals surface area contributed by atoms with Gasteiger partial charge in [-0.3, -0.25) is 4.90 Å². The molecule has 3 nitrogen and oxygen atoms in total. The van der Waals surface area contributed by atoms with E-state index >= 15 is 0 Å². The van der Waals surface area contributed by atoms with Crippen LogP contribution in [0.3, 0.4) is 0 Å². The summed E-state index contributed by atoms with van der Waals surface area (Å²) in [7, 11) is 0. The zero-order chi connectivity index (χ0) is 43.6. The van der Waals surface area contributed by atoms with E-state index in [0.717, 1.165) is 18.2 Å². The Morgan fingerprint density at radius 3 is 2.63 bits per heavy atom. The Kier molecular flexibility index (Phi) is 3.25. The Bertz CT molecular complexity index is 1840. The van der Waals surface area contributed by atoms with Crippen molar-refractivity contribution in [3.8, 4) is 0 Å². The van der Waals surface area contributed by atoms with E-state index in [1.165, 1.54) is 6.92 Å². The molecule has 0 amide bonds. The van der Waals surface area contributed by atoms with Gasteiger partial charge in [0.05, 0.1) is 14.0 Å². The zero-order valence-corrected chi connectivity index (χ0v) is 18.8. The van der Waals surface area contributed by atoms with Crippen molar-refractivity contribution in [3.05, 3.63) is 69.8 Å². The molecule has 2 aliphatic rings. The summed E-state index contributed by atoms with van der Waals surface area (Å²) in [4.78, 5) is 5.11. The number of nitrogens with zero attached hydrogens (tertiary/aromatic N) is 2. The number of halogens is 3. The van der Waals surface area contributed by atoms with Crippen molar-refractivity contribution in [3.63, 3.8) is 0 Å². The number of hydrogen-bond donors (Lipinski definition) is 0. The van der Waals surface area contributed by atoms with Gasteiger partial charge in [0.2, 0.25) is 0 Å². The second-order valence-corrected chi connectivity index (χ2v) is 7.60. The molecule has 0 spiro atoms. The van der Waals surface area contributed by atoms with Crippen molar-refractivity contribution in [1.29, 1.82) is 0 Å². The van der Waals surface area contributed by atoms with Crippen molar-refractivity contribution in [2.75, 3.05) is 13.0 Å². The lowest BCUT2D eigenvalue weighted by Crippen LogP contribution is -2.36. The van der Waals surface area contributed by atoms with Crippen LogP contribution < -0.4 is 0 Å². The highest BCUT2D eigenvalue weighted by Crippen LogP contribution is 2.42. The summed E-state index contributed by atoms with van der Waals surface area (Å²) in [6, 6.07) is 4.16. The topological polar surface area (TPSA) is 24.8 Å². The molecule has 0 aromatic heterocycles. The predicted molar refractivity (Wildman–Crippen MR) is 135 cm³/mol. The first-order valence-corrected chi connectivity index (χ1v) is 10.6. The Hall–Kier alpha value is -2.34. The van der Waals surface area contributed by atoms with Crippen LogP contribution in [0.5, 0.6) is 0 Å². The van der Waals surface area contributed by atoms with Crippen LogP contribution in [0.2, 0.25) is 0 Å². The summed E-state index contributed by atoms with van der Waals surface area (Å²) in [5.74, 6) is -5.99. The van der Waals surface area contributed by atoms with E-state index < -0.39 is 105 Å². The van der Waals surface area contributed by atoms with Crippen LogP contribution >= 0.6 is 0 Å². The molecule has 6 heteroatoms. The summed E-state index contributed by atoms with van der Waals surface area (Å²) in [6.45, 7) is -12.9. The third-order valence-corrected chi connectivity index (χ3v) is 5.16. The Balaban J connectivity index is 1.81. The maximum Gasteiger partial charge on any atom is 0.416 e. The van der Waals surface area contributed by atoms with Crippen molar-refractivity contribution in [2.45, 2.75) is 84.2 Å². The van der Waals surface area contributed by atoms with Crippen molar-refractivity contribution >= 4 is 5.71 Å². The lowest BCUT2D eigenvalue weighted by atomic mass is 9.78. The van der Waals surface area contributed by atoms with Crippen LogP contribution in [0.1, 0.15) is 121 Å². The maximum atomic E-state index is 14.7. The Morgan fingerprint density at radius 2 is 1.94 bits per heavy atom. The molecule has 0 N–H and O–H groups in total. The van der Waals surface area contributed by atoms with Gasteiger partial charge >= 0.3 is 6.18 Å². The molecule has 0 bridgehead atoms. The van der Waals surface area contributed by atoms with Crippen LogP contribution in [0.4, 0.5) is 13.2 Å². The summed E-state index contributed by atoms with van der Waals surface area (Å²) < 4.78 is 217. The molecule has 1 aliphatic carbocycles. The molecular weight excluding hydrogens is 449 g/mol. The van der Waals surface area contributed by atoms with Crippen molar-refractivity contribution < 1.29 is 46.8 Å². The molecule has 4 rings (SSSR count). The van der Waals surface area contributed by atoms with E-state index in [9.17, 15) is 13.2 Å². The van der Waals surface area contributed by atoms with Crippen LogP contribution in [0.25, 0.3) is 0 Å². The van der Waals surface area contributed by atoms with Gasteiger partial charge < -0.3 is 4.84 Å². The second kappa shape index (κ2) is 11.2. The minimum atomic E-state index is -5.53. The molecule has 2 aromatic rings. The van der Waals surface area contributed by atoms with Crippen LogP contribution in [-0.2, 0) is 30.5 Å². The number of benzene rings is 2. The average Bonchev–Trinajstić information content (AvgIpc) is 3.01. The summed E-state index contributed by atoms with van der Waals surface area (Å²) in [5.41, 5.74) is -5.83. The molecule has 35 heavy (non-hydrogen) atoms. The SMILES string of the molecule is [2H]C1C([2H])([2H])N(C([2H])([2H])c2ccc(/C(=N/OC([2H])([2H])c3ccc(C4C([2H])([2H])C([2H])([2H])C([2H])(C)C([2H])([2H])C4([2H])[2H])c(C(F)(F)F)c3)C([2H])([2H])[2H])cc2CC)C1([2H])[2H]. The van der Waals surface area contributed by atoms with Gasteiger partial charge in [0.25, 0.3) is 0 Å². The van der Waals surface area contributed by atoms with Crippen molar-refractivity contribution in [2.24, 2.45) is 11.0 Å². The summed E-state index contributed by atoms with van der Waals surface area (Å²) in [5, 5.41) is 3.41. The van der Waals surface area contributed by atoms with E-state index in [4.69, 9.17) is 33.6 Å². The van der Waals surface area contributed by atoms with E-state index in [1.54, 1.807) is 0 Å². The van der Waals surface area contributed by atoms with E-state index in [0.29, 0.717) is 19.1 Å². The third-order valence-electron chi connectivity index (χ3n) is 5.16. The molecular formula is C29H37F3N2O. The van der Waals surface area contributed by atoms with Gasteiger partial charge in [-0.1, -0.05) is 56.0 Å². The first-order valence-electron chi connectivity index (χ1n) is 21.2. The fourth-order valence-corrected chi connectivity index (χ4v) is 3.33. The van der Waals surface area contributed by atoms with Crippen molar-refractivity contribution in [1.82, 2.24) is 4.90 Å². The minimum absolute atomic E-state index is 0.0137. The second-order valence-electron chi connectivity index (χ2n) is 7.60. The highest BCUT2D eigenvalue weighted by molar-refractivity contribution is 5.98. The van der Waals surface area contributed by atoms with E-state index in [2.05, 4.69) is 5.16 Å². The number of alkyl halides is 3. The monoisotopic (exact) mass is 507 g/mol.